The maximum atomic E-state index is 13.9. The van der Waals surface area contributed by atoms with Gasteiger partial charge in [0.25, 0.3) is 5.91 Å². The fourth-order valence-electron chi connectivity index (χ4n) is 2.57. The third-order valence-electron chi connectivity index (χ3n) is 3.98. The Bertz CT molecular complexity index is 835. The van der Waals surface area contributed by atoms with Crippen LogP contribution < -0.4 is 16.0 Å². The molecule has 9 heteroatoms. The lowest BCUT2D eigenvalue weighted by Gasteiger charge is -2.12. The molecule has 7 nitrogen and oxygen atoms in total. The Morgan fingerprint density at radius 3 is 2.74 bits per heavy atom. The van der Waals surface area contributed by atoms with Crippen LogP contribution in [0.15, 0.2) is 35.0 Å². The number of rotatable bonds is 5. The molecular formula is C18H18FN3O4S. The molecule has 1 aliphatic heterocycles. The van der Waals surface area contributed by atoms with Gasteiger partial charge in [0.2, 0.25) is 0 Å². The summed E-state index contributed by atoms with van der Waals surface area (Å²) in [5.41, 5.74) is 0.500. The minimum absolute atomic E-state index is 0.0773. The first-order valence-corrected chi connectivity index (χ1v) is 9.31. The first-order chi connectivity index (χ1) is 13.0. The van der Waals surface area contributed by atoms with Crippen LogP contribution in [0.3, 0.4) is 0 Å². The van der Waals surface area contributed by atoms with Crippen LogP contribution in [0.5, 0.6) is 0 Å². The Hall–Kier alpha value is -2.78. The second kappa shape index (κ2) is 8.74. The second-order valence-corrected chi connectivity index (χ2v) is 6.74. The zero-order chi connectivity index (χ0) is 19.2. The number of hydrogen-bond donors (Lipinski definition) is 3. The summed E-state index contributed by atoms with van der Waals surface area (Å²) in [6.45, 7) is 0.916. The fourth-order valence-corrected chi connectivity index (χ4v) is 3.20. The monoisotopic (exact) mass is 391 g/mol. The second-order valence-electron chi connectivity index (χ2n) is 5.96. The molecule has 2 aromatic rings. The van der Waals surface area contributed by atoms with Gasteiger partial charge in [-0.1, -0.05) is 0 Å². The van der Waals surface area contributed by atoms with Gasteiger partial charge in [-0.05, 0) is 42.5 Å². The molecule has 1 aromatic heterocycles. The number of anilines is 2. The van der Waals surface area contributed by atoms with Gasteiger partial charge in [0.05, 0.1) is 17.4 Å². The molecule has 1 atom stereocenters. The van der Waals surface area contributed by atoms with Gasteiger partial charge in [0.15, 0.2) is 0 Å². The summed E-state index contributed by atoms with van der Waals surface area (Å²) in [6.07, 6.45) is 1.70. The topological polar surface area (TPSA) is 96.5 Å². The summed E-state index contributed by atoms with van der Waals surface area (Å²) >= 11 is 1.35. The van der Waals surface area contributed by atoms with E-state index in [4.69, 9.17) is 4.74 Å². The minimum atomic E-state index is -0.880. The lowest BCUT2D eigenvalue weighted by atomic mass is 10.2. The van der Waals surface area contributed by atoms with Crippen molar-refractivity contribution in [3.05, 3.63) is 46.4 Å². The normalized spacial score (nSPS) is 16.0. The van der Waals surface area contributed by atoms with Crippen LogP contribution in [0.2, 0.25) is 0 Å². The van der Waals surface area contributed by atoms with Crippen LogP contribution in [0.4, 0.5) is 15.8 Å². The van der Waals surface area contributed by atoms with Crippen molar-refractivity contribution in [3.8, 4) is 0 Å². The van der Waals surface area contributed by atoms with E-state index in [1.165, 1.54) is 23.5 Å². The van der Waals surface area contributed by atoms with Crippen molar-refractivity contribution in [2.45, 2.75) is 18.9 Å². The van der Waals surface area contributed by atoms with E-state index in [1.54, 1.807) is 16.8 Å². The molecule has 0 radical (unpaired) electrons. The van der Waals surface area contributed by atoms with Gasteiger partial charge in [-0.2, -0.15) is 11.3 Å². The average Bonchev–Trinajstić information content (AvgIpc) is 3.36. The van der Waals surface area contributed by atoms with Gasteiger partial charge < -0.3 is 20.7 Å². The number of carbonyl (C=O) groups is 3. The molecule has 3 N–H and O–H groups in total. The van der Waals surface area contributed by atoms with Crippen molar-refractivity contribution in [2.24, 2.45) is 0 Å². The molecule has 0 bridgehead atoms. The summed E-state index contributed by atoms with van der Waals surface area (Å²) < 4.78 is 19.3. The summed E-state index contributed by atoms with van der Waals surface area (Å²) in [5, 5.41) is 10.7. The number of halogens is 1. The first-order valence-electron chi connectivity index (χ1n) is 8.37. The molecule has 2 heterocycles. The van der Waals surface area contributed by atoms with Crippen LogP contribution in [0.1, 0.15) is 23.2 Å². The largest absolute Gasteiger partial charge is 0.376 e. The van der Waals surface area contributed by atoms with Crippen LogP contribution in [0, 0.1) is 5.82 Å². The van der Waals surface area contributed by atoms with Gasteiger partial charge in [-0.15, -0.1) is 0 Å². The lowest BCUT2D eigenvalue weighted by molar-refractivity contribution is -0.136. The standard InChI is InChI=1S/C18H18FN3O4S/c19-14-4-3-12(8-15(14)22-16(23)11-5-7-27-10-11)21-18(25)17(24)20-9-13-2-1-6-26-13/h3-5,7-8,10,13H,1-2,6,9H2,(H,20,24)(H,21,25)(H,22,23)/t13-/m1/s1. The van der Waals surface area contributed by atoms with Gasteiger partial charge >= 0.3 is 11.8 Å². The molecule has 0 unspecified atom stereocenters. The molecule has 3 amide bonds. The Balaban J connectivity index is 1.58. The van der Waals surface area contributed by atoms with Crippen LogP contribution in [0.25, 0.3) is 0 Å². The van der Waals surface area contributed by atoms with Crippen molar-refractivity contribution in [3.63, 3.8) is 0 Å². The molecular weight excluding hydrogens is 373 g/mol. The Kier molecular flexibility index (Phi) is 6.15. The summed E-state index contributed by atoms with van der Waals surface area (Å²) in [5.74, 6) is -2.80. The number of nitrogens with one attached hydrogen (secondary N) is 3. The summed E-state index contributed by atoms with van der Waals surface area (Å²) in [6, 6.07) is 5.27. The van der Waals surface area contributed by atoms with Crippen molar-refractivity contribution < 1.29 is 23.5 Å². The van der Waals surface area contributed by atoms with E-state index in [9.17, 15) is 18.8 Å². The highest BCUT2D eigenvalue weighted by molar-refractivity contribution is 7.08. The molecule has 1 aromatic carbocycles. The molecule has 1 aliphatic rings. The highest BCUT2D eigenvalue weighted by Crippen LogP contribution is 2.21. The van der Waals surface area contributed by atoms with Crippen molar-refractivity contribution in [1.29, 1.82) is 0 Å². The Morgan fingerprint density at radius 1 is 1.19 bits per heavy atom. The van der Waals surface area contributed by atoms with E-state index in [0.29, 0.717) is 12.2 Å². The Labute approximate surface area is 158 Å². The molecule has 0 spiro atoms. The fraction of sp³-hybridized carbons (Fsp3) is 0.278. The van der Waals surface area contributed by atoms with Gasteiger partial charge in [-0.25, -0.2) is 4.39 Å². The quantitative estimate of drug-likeness (QED) is 0.682. The van der Waals surface area contributed by atoms with Gasteiger partial charge in [-0.3, -0.25) is 14.4 Å². The van der Waals surface area contributed by atoms with E-state index < -0.39 is 23.5 Å². The highest BCUT2D eigenvalue weighted by atomic mass is 32.1. The van der Waals surface area contributed by atoms with E-state index in [0.717, 1.165) is 18.9 Å². The van der Waals surface area contributed by atoms with E-state index in [1.807, 2.05) is 0 Å². The maximum absolute atomic E-state index is 13.9. The number of ether oxygens (including phenoxy) is 1. The van der Waals surface area contributed by atoms with Gasteiger partial charge in [0.1, 0.15) is 5.82 Å². The number of carbonyl (C=O) groups excluding carboxylic acids is 3. The molecule has 1 fully saturated rings. The molecule has 1 saturated heterocycles. The molecule has 142 valence electrons. The van der Waals surface area contributed by atoms with E-state index in [-0.39, 0.29) is 24.0 Å². The maximum Gasteiger partial charge on any atom is 0.313 e. The zero-order valence-corrected chi connectivity index (χ0v) is 15.1. The third-order valence-corrected chi connectivity index (χ3v) is 4.66. The number of benzene rings is 1. The molecule has 0 aliphatic carbocycles. The molecule has 3 rings (SSSR count). The van der Waals surface area contributed by atoms with E-state index >= 15 is 0 Å². The number of amides is 3. The smallest absolute Gasteiger partial charge is 0.313 e. The van der Waals surface area contributed by atoms with Crippen molar-refractivity contribution in [2.75, 3.05) is 23.8 Å². The SMILES string of the molecule is O=C(NC[C@H]1CCCO1)C(=O)Nc1ccc(F)c(NC(=O)c2ccsc2)c1. The highest BCUT2D eigenvalue weighted by Gasteiger charge is 2.20. The van der Waals surface area contributed by atoms with E-state index in [2.05, 4.69) is 16.0 Å². The van der Waals surface area contributed by atoms with Crippen LogP contribution >= 0.6 is 11.3 Å². The zero-order valence-electron chi connectivity index (χ0n) is 14.3. The number of hydrogen-bond acceptors (Lipinski definition) is 5. The summed E-state index contributed by atoms with van der Waals surface area (Å²) in [4.78, 5) is 35.9. The molecule has 0 saturated carbocycles. The van der Waals surface area contributed by atoms with Crippen LogP contribution in [-0.2, 0) is 14.3 Å². The average molecular weight is 391 g/mol. The van der Waals surface area contributed by atoms with Crippen molar-refractivity contribution >= 4 is 40.4 Å². The first kappa shape index (κ1) is 19.0. The predicted octanol–water partition coefficient (Wildman–Crippen LogP) is 2.37. The summed E-state index contributed by atoms with van der Waals surface area (Å²) in [7, 11) is 0. The number of thiophene rings is 1. The Morgan fingerprint density at radius 2 is 2.04 bits per heavy atom. The minimum Gasteiger partial charge on any atom is -0.376 e. The van der Waals surface area contributed by atoms with Crippen LogP contribution in [-0.4, -0.2) is 37.0 Å². The molecule has 27 heavy (non-hydrogen) atoms. The van der Waals surface area contributed by atoms with Crippen molar-refractivity contribution in [1.82, 2.24) is 5.32 Å². The lowest BCUT2D eigenvalue weighted by Crippen LogP contribution is -2.39. The third kappa shape index (κ3) is 5.11. The van der Waals surface area contributed by atoms with Gasteiger partial charge in [0, 0.05) is 24.2 Å². The predicted molar refractivity (Wildman–Crippen MR) is 99.3 cm³/mol.